The fraction of sp³-hybridized carbons (Fsp3) is 0.588. The quantitative estimate of drug-likeness (QED) is 0.874. The van der Waals surface area contributed by atoms with Crippen LogP contribution >= 0.6 is 0 Å². The Bertz CT molecular complexity index is 615. The molecule has 1 fully saturated rings. The van der Waals surface area contributed by atoms with Gasteiger partial charge in [-0.25, -0.2) is 14.6 Å². The van der Waals surface area contributed by atoms with E-state index in [1.165, 1.54) is 7.11 Å². The van der Waals surface area contributed by atoms with Crippen molar-refractivity contribution in [1.29, 1.82) is 0 Å². The van der Waals surface area contributed by atoms with Crippen molar-refractivity contribution in [3.05, 3.63) is 18.3 Å². The van der Waals surface area contributed by atoms with E-state index >= 15 is 0 Å². The Kier molecular flexibility index (Phi) is 6.06. The van der Waals surface area contributed by atoms with E-state index < -0.39 is 11.7 Å². The van der Waals surface area contributed by atoms with Crippen molar-refractivity contribution in [2.45, 2.75) is 45.3 Å². The maximum atomic E-state index is 12.5. The number of likely N-dealkylation sites (tertiary alicyclic amines) is 1. The maximum Gasteiger partial charge on any atom is 0.407 e. The van der Waals surface area contributed by atoms with Gasteiger partial charge in [-0.2, -0.15) is 0 Å². The van der Waals surface area contributed by atoms with Crippen molar-refractivity contribution in [2.24, 2.45) is 0 Å². The highest BCUT2D eigenvalue weighted by atomic mass is 16.6. The average molecular weight is 350 g/mol. The average Bonchev–Trinajstić information content (AvgIpc) is 2.53. The normalized spacial score (nSPS) is 17.6. The number of pyridine rings is 1. The van der Waals surface area contributed by atoms with E-state index in [2.05, 4.69) is 15.6 Å². The van der Waals surface area contributed by atoms with Crippen LogP contribution in [0.25, 0.3) is 0 Å². The number of alkyl carbamates (subject to hydrolysis) is 1. The molecule has 0 aromatic carbocycles. The minimum Gasteiger partial charge on any atom is -0.480 e. The molecular weight excluding hydrogens is 324 g/mol. The number of nitrogens with one attached hydrogen (secondary N) is 2. The van der Waals surface area contributed by atoms with Gasteiger partial charge >= 0.3 is 12.1 Å². The molecule has 0 spiro atoms. The summed E-state index contributed by atoms with van der Waals surface area (Å²) in [7, 11) is 1.50. The summed E-state index contributed by atoms with van der Waals surface area (Å²) in [6.45, 7) is 6.49. The van der Waals surface area contributed by atoms with Gasteiger partial charge in [-0.15, -0.1) is 0 Å². The van der Waals surface area contributed by atoms with E-state index in [4.69, 9.17) is 9.47 Å². The first-order valence-corrected chi connectivity index (χ1v) is 8.33. The highest BCUT2D eigenvalue weighted by Gasteiger charge is 2.27. The first-order valence-electron chi connectivity index (χ1n) is 8.33. The molecule has 25 heavy (non-hydrogen) atoms. The number of hydrogen-bond donors (Lipinski definition) is 2. The molecule has 3 amide bonds. The Labute approximate surface area is 147 Å². The summed E-state index contributed by atoms with van der Waals surface area (Å²) in [6, 6.07) is 3.07. The summed E-state index contributed by atoms with van der Waals surface area (Å²) in [5.74, 6) is 0.358. The summed E-state index contributed by atoms with van der Waals surface area (Å²) in [5, 5.41) is 5.63. The molecule has 2 heterocycles. The second-order valence-electron chi connectivity index (χ2n) is 6.92. The minimum absolute atomic E-state index is 0.134. The standard InChI is InChI=1S/C17H26N4O4/c1-17(2,3)25-16(23)19-12-7-6-10-21(11-12)15(22)20-13-8-5-9-18-14(13)24-4/h5,8-9,12H,6-7,10-11H2,1-4H3,(H,19,23)(H,20,22). The zero-order valence-corrected chi connectivity index (χ0v) is 15.2. The van der Waals surface area contributed by atoms with Crippen molar-refractivity contribution in [3.8, 4) is 5.88 Å². The zero-order chi connectivity index (χ0) is 18.4. The van der Waals surface area contributed by atoms with Crippen molar-refractivity contribution < 1.29 is 19.1 Å². The summed E-state index contributed by atoms with van der Waals surface area (Å²) in [5.41, 5.74) is -0.0376. The van der Waals surface area contributed by atoms with Crippen LogP contribution in [-0.4, -0.2) is 53.9 Å². The van der Waals surface area contributed by atoms with Gasteiger partial charge in [-0.3, -0.25) is 0 Å². The van der Waals surface area contributed by atoms with E-state index in [9.17, 15) is 9.59 Å². The number of piperidine rings is 1. The third kappa shape index (κ3) is 5.81. The molecule has 138 valence electrons. The van der Waals surface area contributed by atoms with Crippen LogP contribution in [0.2, 0.25) is 0 Å². The smallest absolute Gasteiger partial charge is 0.407 e. The lowest BCUT2D eigenvalue weighted by Crippen LogP contribution is -2.51. The number of rotatable bonds is 3. The van der Waals surface area contributed by atoms with Crippen molar-refractivity contribution in [3.63, 3.8) is 0 Å². The Hall–Kier alpha value is -2.51. The monoisotopic (exact) mass is 350 g/mol. The lowest BCUT2D eigenvalue weighted by molar-refractivity contribution is 0.0480. The van der Waals surface area contributed by atoms with Gasteiger partial charge in [0.1, 0.15) is 11.3 Å². The molecule has 1 atom stereocenters. The topological polar surface area (TPSA) is 92.8 Å². The molecule has 1 aromatic heterocycles. The number of aromatic nitrogens is 1. The Morgan fingerprint density at radius 3 is 2.80 bits per heavy atom. The second kappa shape index (κ2) is 8.04. The number of hydrogen-bond acceptors (Lipinski definition) is 5. The molecule has 1 aliphatic rings. The summed E-state index contributed by atoms with van der Waals surface area (Å²) >= 11 is 0. The van der Waals surface area contributed by atoms with Crippen LogP contribution in [0.15, 0.2) is 18.3 Å². The molecule has 1 aliphatic heterocycles. The zero-order valence-electron chi connectivity index (χ0n) is 15.2. The molecule has 2 N–H and O–H groups in total. The largest absolute Gasteiger partial charge is 0.480 e. The number of urea groups is 1. The molecular formula is C17H26N4O4. The van der Waals surface area contributed by atoms with E-state index in [-0.39, 0.29) is 12.1 Å². The first kappa shape index (κ1) is 18.8. The Morgan fingerprint density at radius 1 is 1.36 bits per heavy atom. The van der Waals surface area contributed by atoms with E-state index in [1.54, 1.807) is 23.2 Å². The third-order valence-corrected chi connectivity index (χ3v) is 3.64. The maximum absolute atomic E-state index is 12.5. The highest BCUT2D eigenvalue weighted by molar-refractivity contribution is 5.90. The predicted octanol–water partition coefficient (Wildman–Crippen LogP) is 2.61. The molecule has 1 unspecified atom stereocenters. The molecule has 0 radical (unpaired) electrons. The number of amides is 3. The number of methoxy groups -OCH3 is 1. The van der Waals surface area contributed by atoms with Crippen LogP contribution in [0, 0.1) is 0 Å². The molecule has 0 bridgehead atoms. The first-order chi connectivity index (χ1) is 11.8. The summed E-state index contributed by atoms with van der Waals surface area (Å²) in [6.07, 6.45) is 2.74. The fourth-order valence-electron chi connectivity index (χ4n) is 2.60. The van der Waals surface area contributed by atoms with Gasteiger partial charge in [0.05, 0.1) is 7.11 Å². The van der Waals surface area contributed by atoms with Crippen LogP contribution in [0.3, 0.4) is 0 Å². The predicted molar refractivity (Wildman–Crippen MR) is 93.8 cm³/mol. The molecule has 0 aliphatic carbocycles. The van der Waals surface area contributed by atoms with E-state index in [0.29, 0.717) is 24.7 Å². The van der Waals surface area contributed by atoms with Gasteiger partial charge in [-0.05, 0) is 45.7 Å². The number of ether oxygens (including phenoxy) is 2. The lowest BCUT2D eigenvalue weighted by atomic mass is 10.1. The van der Waals surface area contributed by atoms with Crippen LogP contribution in [0.1, 0.15) is 33.6 Å². The van der Waals surface area contributed by atoms with Gasteiger partial charge in [0.15, 0.2) is 0 Å². The Morgan fingerprint density at radius 2 is 2.12 bits per heavy atom. The molecule has 0 saturated carbocycles. The number of carbonyl (C=O) groups excluding carboxylic acids is 2. The Balaban J connectivity index is 1.91. The minimum atomic E-state index is -0.549. The number of nitrogens with zero attached hydrogens (tertiary/aromatic N) is 2. The van der Waals surface area contributed by atoms with Gasteiger partial charge < -0.3 is 25.0 Å². The van der Waals surface area contributed by atoms with Crippen LogP contribution in [0.4, 0.5) is 15.3 Å². The van der Waals surface area contributed by atoms with Crippen LogP contribution in [0.5, 0.6) is 5.88 Å². The number of carbonyl (C=O) groups is 2. The second-order valence-corrected chi connectivity index (χ2v) is 6.92. The van der Waals surface area contributed by atoms with Crippen molar-refractivity contribution in [1.82, 2.24) is 15.2 Å². The van der Waals surface area contributed by atoms with Crippen LogP contribution < -0.4 is 15.4 Å². The fourth-order valence-corrected chi connectivity index (χ4v) is 2.60. The van der Waals surface area contributed by atoms with Crippen molar-refractivity contribution in [2.75, 3.05) is 25.5 Å². The lowest BCUT2D eigenvalue weighted by Gasteiger charge is -2.33. The van der Waals surface area contributed by atoms with Gasteiger partial charge in [0.2, 0.25) is 5.88 Å². The van der Waals surface area contributed by atoms with E-state index in [0.717, 1.165) is 12.8 Å². The SMILES string of the molecule is COc1ncccc1NC(=O)N1CCCC(NC(=O)OC(C)(C)C)C1. The molecule has 1 aromatic rings. The molecule has 1 saturated heterocycles. The van der Waals surface area contributed by atoms with Crippen LogP contribution in [-0.2, 0) is 4.74 Å². The molecule has 8 heteroatoms. The van der Waals surface area contributed by atoms with Gasteiger partial charge in [0, 0.05) is 25.3 Å². The summed E-state index contributed by atoms with van der Waals surface area (Å²) in [4.78, 5) is 30.1. The molecule has 2 rings (SSSR count). The van der Waals surface area contributed by atoms with E-state index in [1.807, 2.05) is 20.8 Å². The third-order valence-electron chi connectivity index (χ3n) is 3.64. The molecule has 8 nitrogen and oxygen atoms in total. The number of anilines is 1. The highest BCUT2D eigenvalue weighted by Crippen LogP contribution is 2.21. The van der Waals surface area contributed by atoms with Crippen molar-refractivity contribution >= 4 is 17.8 Å². The van der Waals surface area contributed by atoms with Gasteiger partial charge in [0.25, 0.3) is 0 Å². The van der Waals surface area contributed by atoms with Gasteiger partial charge in [-0.1, -0.05) is 0 Å². The summed E-state index contributed by atoms with van der Waals surface area (Å²) < 4.78 is 10.4.